The standard InChI is InChI=1S/C14H13Cl2N5O/c15-9-1-2-10(11(16)6-9)14(22)21-4-3-12-8(7-21)5-13(18-17)20-19-12/h1-2,5-6H,3-4,7,17H2,(H,18,20). The highest BCUT2D eigenvalue weighted by Gasteiger charge is 2.24. The molecule has 1 aliphatic rings. The molecule has 2 heterocycles. The van der Waals surface area contributed by atoms with Crippen molar-refractivity contribution >= 4 is 34.9 Å². The van der Waals surface area contributed by atoms with E-state index in [2.05, 4.69) is 15.6 Å². The maximum absolute atomic E-state index is 12.6. The van der Waals surface area contributed by atoms with Gasteiger partial charge in [-0.3, -0.25) is 4.79 Å². The smallest absolute Gasteiger partial charge is 0.255 e. The molecule has 0 unspecified atom stereocenters. The molecular weight excluding hydrogens is 325 g/mol. The number of hydrogen-bond acceptors (Lipinski definition) is 5. The van der Waals surface area contributed by atoms with Gasteiger partial charge < -0.3 is 10.3 Å². The van der Waals surface area contributed by atoms with Crippen molar-refractivity contribution < 1.29 is 4.79 Å². The van der Waals surface area contributed by atoms with Gasteiger partial charge in [-0.05, 0) is 29.8 Å². The minimum Gasteiger partial charge on any atom is -0.334 e. The Bertz CT molecular complexity index is 737. The fourth-order valence-corrected chi connectivity index (χ4v) is 2.90. The summed E-state index contributed by atoms with van der Waals surface area (Å²) in [5.74, 6) is 5.68. The second-order valence-electron chi connectivity index (χ2n) is 4.95. The van der Waals surface area contributed by atoms with Gasteiger partial charge >= 0.3 is 0 Å². The summed E-state index contributed by atoms with van der Waals surface area (Å²) in [6.07, 6.45) is 0.643. The minimum absolute atomic E-state index is 0.133. The molecule has 1 aromatic heterocycles. The van der Waals surface area contributed by atoms with E-state index in [0.29, 0.717) is 40.9 Å². The van der Waals surface area contributed by atoms with E-state index in [4.69, 9.17) is 29.0 Å². The summed E-state index contributed by atoms with van der Waals surface area (Å²) in [6.45, 7) is 1.01. The van der Waals surface area contributed by atoms with Gasteiger partial charge in [0.25, 0.3) is 5.91 Å². The Labute approximate surface area is 137 Å². The SMILES string of the molecule is NNc1cc2c(nn1)CCN(C(=O)c1ccc(Cl)cc1Cl)C2. The minimum atomic E-state index is -0.133. The lowest BCUT2D eigenvalue weighted by Gasteiger charge is -2.28. The Kier molecular flexibility index (Phi) is 4.15. The first-order valence-corrected chi connectivity index (χ1v) is 7.40. The van der Waals surface area contributed by atoms with Gasteiger partial charge in [0.1, 0.15) is 0 Å². The van der Waals surface area contributed by atoms with Crippen LogP contribution in [0.3, 0.4) is 0 Å². The Morgan fingerprint density at radius 2 is 2.09 bits per heavy atom. The first-order chi connectivity index (χ1) is 10.6. The summed E-state index contributed by atoms with van der Waals surface area (Å²) < 4.78 is 0. The number of anilines is 1. The number of carbonyl (C=O) groups is 1. The Morgan fingerprint density at radius 1 is 1.27 bits per heavy atom. The number of hydrazine groups is 1. The molecule has 0 saturated carbocycles. The molecule has 8 heteroatoms. The molecule has 1 aliphatic heterocycles. The van der Waals surface area contributed by atoms with Crippen molar-refractivity contribution in [2.24, 2.45) is 5.84 Å². The van der Waals surface area contributed by atoms with Crippen molar-refractivity contribution in [3.63, 3.8) is 0 Å². The summed E-state index contributed by atoms with van der Waals surface area (Å²) in [6, 6.07) is 6.65. The van der Waals surface area contributed by atoms with E-state index in [0.717, 1.165) is 11.3 Å². The lowest BCUT2D eigenvalue weighted by atomic mass is 10.1. The first kappa shape index (κ1) is 15.0. The summed E-state index contributed by atoms with van der Waals surface area (Å²) >= 11 is 12.0. The highest BCUT2D eigenvalue weighted by Crippen LogP contribution is 2.25. The van der Waals surface area contributed by atoms with Gasteiger partial charge in [-0.2, -0.15) is 5.10 Å². The third kappa shape index (κ3) is 2.85. The molecule has 0 saturated heterocycles. The molecule has 1 amide bonds. The van der Waals surface area contributed by atoms with E-state index in [9.17, 15) is 4.79 Å². The lowest BCUT2D eigenvalue weighted by Crippen LogP contribution is -2.36. The summed E-state index contributed by atoms with van der Waals surface area (Å²) in [5.41, 5.74) is 4.70. The number of nitrogens with one attached hydrogen (secondary N) is 1. The molecular formula is C14H13Cl2N5O. The van der Waals surface area contributed by atoms with Crippen LogP contribution in [0, 0.1) is 0 Å². The fourth-order valence-electron chi connectivity index (χ4n) is 2.41. The van der Waals surface area contributed by atoms with Crippen molar-refractivity contribution in [3.05, 3.63) is 51.1 Å². The summed E-state index contributed by atoms with van der Waals surface area (Å²) in [4.78, 5) is 14.3. The molecule has 3 rings (SSSR count). The normalized spacial score (nSPS) is 13.7. The predicted molar refractivity (Wildman–Crippen MR) is 84.7 cm³/mol. The zero-order chi connectivity index (χ0) is 15.7. The number of hydrogen-bond donors (Lipinski definition) is 2. The topological polar surface area (TPSA) is 84.1 Å². The number of nitrogen functional groups attached to an aromatic ring is 1. The number of nitrogens with zero attached hydrogens (tertiary/aromatic N) is 3. The zero-order valence-corrected chi connectivity index (χ0v) is 13.0. The Hall–Kier alpha value is -1.89. The van der Waals surface area contributed by atoms with Crippen molar-refractivity contribution in [2.75, 3.05) is 12.0 Å². The number of carbonyl (C=O) groups excluding carboxylic acids is 1. The monoisotopic (exact) mass is 337 g/mol. The van der Waals surface area contributed by atoms with Crippen LogP contribution >= 0.6 is 23.2 Å². The molecule has 0 spiro atoms. The number of aromatic nitrogens is 2. The third-order valence-corrected chi connectivity index (χ3v) is 4.08. The molecule has 0 fully saturated rings. The molecule has 22 heavy (non-hydrogen) atoms. The number of fused-ring (bicyclic) bond motifs is 1. The van der Waals surface area contributed by atoms with Gasteiger partial charge in [-0.15, -0.1) is 5.10 Å². The van der Waals surface area contributed by atoms with Crippen LogP contribution in [0.2, 0.25) is 10.0 Å². The van der Waals surface area contributed by atoms with E-state index in [1.807, 2.05) is 0 Å². The van der Waals surface area contributed by atoms with Crippen LogP contribution in [0.4, 0.5) is 5.82 Å². The van der Waals surface area contributed by atoms with Crippen LogP contribution in [-0.2, 0) is 13.0 Å². The third-order valence-electron chi connectivity index (χ3n) is 3.54. The molecule has 114 valence electrons. The number of benzene rings is 1. The van der Waals surface area contributed by atoms with E-state index in [1.54, 1.807) is 29.2 Å². The van der Waals surface area contributed by atoms with Gasteiger partial charge in [0, 0.05) is 24.5 Å². The molecule has 0 atom stereocenters. The fraction of sp³-hybridized carbons (Fsp3) is 0.214. The van der Waals surface area contributed by atoms with Crippen LogP contribution in [0.15, 0.2) is 24.3 Å². The van der Waals surface area contributed by atoms with Crippen LogP contribution in [0.5, 0.6) is 0 Å². The second-order valence-corrected chi connectivity index (χ2v) is 5.79. The molecule has 6 nitrogen and oxygen atoms in total. The Balaban J connectivity index is 1.85. The van der Waals surface area contributed by atoms with E-state index in [1.165, 1.54) is 0 Å². The Morgan fingerprint density at radius 3 is 2.82 bits per heavy atom. The highest BCUT2D eigenvalue weighted by atomic mass is 35.5. The van der Waals surface area contributed by atoms with Crippen molar-refractivity contribution in [1.29, 1.82) is 0 Å². The van der Waals surface area contributed by atoms with Gasteiger partial charge in [-0.1, -0.05) is 23.2 Å². The maximum atomic E-state index is 12.6. The first-order valence-electron chi connectivity index (χ1n) is 6.65. The molecule has 0 aliphatic carbocycles. The van der Waals surface area contributed by atoms with E-state index in [-0.39, 0.29) is 5.91 Å². The quantitative estimate of drug-likeness (QED) is 0.648. The molecule has 0 bridgehead atoms. The number of halogens is 2. The van der Waals surface area contributed by atoms with Gasteiger partial charge in [0.15, 0.2) is 5.82 Å². The second kappa shape index (κ2) is 6.08. The summed E-state index contributed by atoms with van der Waals surface area (Å²) in [7, 11) is 0. The van der Waals surface area contributed by atoms with Crippen molar-refractivity contribution in [1.82, 2.24) is 15.1 Å². The van der Waals surface area contributed by atoms with Crippen LogP contribution in [-0.4, -0.2) is 27.5 Å². The lowest BCUT2D eigenvalue weighted by molar-refractivity contribution is 0.0733. The van der Waals surface area contributed by atoms with Crippen molar-refractivity contribution in [3.8, 4) is 0 Å². The summed E-state index contributed by atoms with van der Waals surface area (Å²) in [5, 5.41) is 8.90. The average molecular weight is 338 g/mol. The number of rotatable bonds is 2. The largest absolute Gasteiger partial charge is 0.334 e. The van der Waals surface area contributed by atoms with Crippen LogP contribution < -0.4 is 11.3 Å². The number of amides is 1. The van der Waals surface area contributed by atoms with Crippen molar-refractivity contribution in [2.45, 2.75) is 13.0 Å². The highest BCUT2D eigenvalue weighted by molar-refractivity contribution is 6.36. The zero-order valence-electron chi connectivity index (χ0n) is 11.5. The van der Waals surface area contributed by atoms with Gasteiger partial charge in [-0.25, -0.2) is 5.84 Å². The van der Waals surface area contributed by atoms with E-state index < -0.39 is 0 Å². The number of nitrogens with two attached hydrogens (primary N) is 1. The molecule has 2 aromatic rings. The molecule has 1 aromatic carbocycles. The average Bonchev–Trinajstić information content (AvgIpc) is 2.53. The maximum Gasteiger partial charge on any atom is 0.255 e. The van der Waals surface area contributed by atoms with Crippen LogP contribution in [0.1, 0.15) is 21.6 Å². The van der Waals surface area contributed by atoms with Gasteiger partial charge in [0.05, 0.1) is 16.3 Å². The predicted octanol–water partition coefficient (Wildman–Crippen LogP) is 2.27. The van der Waals surface area contributed by atoms with Gasteiger partial charge in [0.2, 0.25) is 0 Å². The van der Waals surface area contributed by atoms with E-state index >= 15 is 0 Å². The molecule has 3 N–H and O–H groups in total. The molecule has 0 radical (unpaired) electrons. The van der Waals surface area contributed by atoms with Crippen LogP contribution in [0.25, 0.3) is 0 Å².